The molecule has 1 heterocycles. The maximum atomic E-state index is 12.9. The van der Waals surface area contributed by atoms with Crippen LogP contribution in [-0.2, 0) is 29.5 Å². The Morgan fingerprint density at radius 3 is 2.69 bits per heavy atom. The van der Waals surface area contributed by atoms with Crippen LogP contribution >= 0.6 is 15.9 Å². The molecule has 7 nitrogen and oxygen atoms in total. The molecule has 0 saturated carbocycles. The van der Waals surface area contributed by atoms with Crippen LogP contribution in [0.2, 0.25) is 0 Å². The van der Waals surface area contributed by atoms with Crippen molar-refractivity contribution in [3.05, 3.63) is 41.5 Å². The summed E-state index contributed by atoms with van der Waals surface area (Å²) in [6.07, 6.45) is 0.846. The lowest BCUT2D eigenvalue weighted by Gasteiger charge is -2.24. The molecule has 1 aromatic carbocycles. The third-order valence-electron chi connectivity index (χ3n) is 3.81. The second-order valence-electron chi connectivity index (χ2n) is 5.79. The minimum absolute atomic E-state index is 0.157. The zero-order valence-corrected chi connectivity index (χ0v) is 16.3. The van der Waals surface area contributed by atoms with E-state index in [1.165, 1.54) is 14.0 Å². The second-order valence-corrected chi connectivity index (χ2v) is 6.58. The van der Waals surface area contributed by atoms with Crippen molar-refractivity contribution in [1.29, 1.82) is 0 Å². The van der Waals surface area contributed by atoms with Gasteiger partial charge in [0.1, 0.15) is 5.75 Å². The maximum absolute atomic E-state index is 12.9. The summed E-state index contributed by atoms with van der Waals surface area (Å²) in [5.41, 5.74) is -0.937. The number of methoxy groups -OCH3 is 1. The lowest BCUT2D eigenvalue weighted by atomic mass is 9.91. The molecule has 1 aliphatic rings. The van der Waals surface area contributed by atoms with Crippen molar-refractivity contribution in [2.45, 2.75) is 32.3 Å². The molecule has 0 spiro atoms. The molecule has 1 aliphatic heterocycles. The van der Waals surface area contributed by atoms with Crippen molar-refractivity contribution in [1.82, 2.24) is 5.32 Å². The minimum atomic E-state index is -1.45. The van der Waals surface area contributed by atoms with E-state index in [9.17, 15) is 14.4 Å². The van der Waals surface area contributed by atoms with Crippen LogP contribution in [0.15, 0.2) is 35.9 Å². The van der Waals surface area contributed by atoms with Gasteiger partial charge in [-0.1, -0.05) is 28.1 Å². The molecule has 0 radical (unpaired) electrons. The highest BCUT2D eigenvalue weighted by Gasteiger charge is 2.50. The van der Waals surface area contributed by atoms with E-state index in [1.807, 2.05) is 0 Å². The van der Waals surface area contributed by atoms with Gasteiger partial charge in [0.2, 0.25) is 17.5 Å². The van der Waals surface area contributed by atoms with Crippen LogP contribution in [0.5, 0.6) is 5.75 Å². The van der Waals surface area contributed by atoms with Crippen LogP contribution < -0.4 is 10.1 Å². The summed E-state index contributed by atoms with van der Waals surface area (Å²) in [5.74, 6) is -1.50. The lowest BCUT2D eigenvalue weighted by Crippen LogP contribution is -2.32. The van der Waals surface area contributed by atoms with Crippen molar-refractivity contribution in [3.63, 3.8) is 0 Å². The molecule has 1 atom stereocenters. The number of nitrogens with one attached hydrogen (secondary N) is 1. The van der Waals surface area contributed by atoms with Gasteiger partial charge in [0.15, 0.2) is 5.60 Å². The first-order valence-electron chi connectivity index (χ1n) is 7.98. The Bertz CT molecular complexity index is 760. The standard InChI is InChI=1S/C18H20BrNO6/c1-11(21)25-15-16(23)18(2,12-6-4-7-13(10-12)24-3)26-17(15)20-14(22)8-5-9-19/h4,6-7,10H,5,8-9H2,1-3H3,(H,20,22). The van der Waals surface area contributed by atoms with Gasteiger partial charge in [-0.25, -0.2) is 0 Å². The van der Waals surface area contributed by atoms with Crippen LogP contribution in [-0.4, -0.2) is 30.1 Å². The normalized spacial score (nSPS) is 19.2. The molecule has 26 heavy (non-hydrogen) atoms. The monoisotopic (exact) mass is 425 g/mol. The van der Waals surface area contributed by atoms with E-state index in [2.05, 4.69) is 21.2 Å². The van der Waals surface area contributed by atoms with Gasteiger partial charge in [0.05, 0.1) is 7.11 Å². The number of halogens is 1. The van der Waals surface area contributed by atoms with E-state index in [0.29, 0.717) is 23.1 Å². The fourth-order valence-electron chi connectivity index (χ4n) is 2.46. The first-order chi connectivity index (χ1) is 12.3. The van der Waals surface area contributed by atoms with Gasteiger partial charge in [0.25, 0.3) is 5.78 Å². The maximum Gasteiger partial charge on any atom is 0.308 e. The summed E-state index contributed by atoms with van der Waals surface area (Å²) in [6.45, 7) is 2.72. The smallest absolute Gasteiger partial charge is 0.308 e. The number of rotatable bonds is 7. The Morgan fingerprint density at radius 2 is 2.08 bits per heavy atom. The molecular weight excluding hydrogens is 406 g/mol. The van der Waals surface area contributed by atoms with Crippen molar-refractivity contribution in [3.8, 4) is 5.75 Å². The number of amides is 1. The molecular formula is C18H20BrNO6. The largest absolute Gasteiger partial charge is 0.497 e. The summed E-state index contributed by atoms with van der Waals surface area (Å²) < 4.78 is 16.0. The summed E-state index contributed by atoms with van der Waals surface area (Å²) in [4.78, 5) is 36.3. The highest BCUT2D eigenvalue weighted by Crippen LogP contribution is 2.39. The Balaban J connectivity index is 2.34. The molecule has 8 heteroatoms. The van der Waals surface area contributed by atoms with Crippen molar-refractivity contribution in [2.75, 3.05) is 12.4 Å². The number of alkyl halides is 1. The highest BCUT2D eigenvalue weighted by atomic mass is 79.9. The minimum Gasteiger partial charge on any atom is -0.497 e. The number of benzene rings is 1. The van der Waals surface area contributed by atoms with Crippen LogP contribution in [0.1, 0.15) is 32.3 Å². The van der Waals surface area contributed by atoms with Gasteiger partial charge in [-0.05, 0) is 25.5 Å². The molecule has 2 rings (SSSR count). The molecule has 0 aliphatic carbocycles. The van der Waals surface area contributed by atoms with Gasteiger partial charge in [0, 0.05) is 24.2 Å². The zero-order chi connectivity index (χ0) is 19.3. The molecule has 0 bridgehead atoms. The number of Topliss-reactive ketones (excluding diaryl/α,β-unsaturated/α-hetero) is 1. The molecule has 0 fully saturated rings. The topological polar surface area (TPSA) is 90.9 Å². The third kappa shape index (κ3) is 4.24. The van der Waals surface area contributed by atoms with E-state index in [1.54, 1.807) is 31.2 Å². The number of carbonyl (C=O) groups is 3. The van der Waals surface area contributed by atoms with Crippen LogP contribution in [0.3, 0.4) is 0 Å². The average Bonchev–Trinajstić information content (AvgIpc) is 2.85. The Labute approximate surface area is 159 Å². The highest BCUT2D eigenvalue weighted by molar-refractivity contribution is 9.09. The fourth-order valence-corrected chi connectivity index (χ4v) is 2.74. The number of ketones is 1. The number of ether oxygens (including phenoxy) is 3. The van der Waals surface area contributed by atoms with Crippen molar-refractivity contribution < 1.29 is 28.6 Å². The first-order valence-corrected chi connectivity index (χ1v) is 9.10. The molecule has 1 amide bonds. The molecule has 1 aromatic rings. The molecule has 0 saturated heterocycles. The number of hydrogen-bond acceptors (Lipinski definition) is 6. The number of esters is 1. The molecule has 1 N–H and O–H groups in total. The van der Waals surface area contributed by atoms with E-state index < -0.39 is 17.4 Å². The molecule has 0 aromatic heterocycles. The van der Waals surface area contributed by atoms with Crippen molar-refractivity contribution in [2.24, 2.45) is 0 Å². The number of carbonyl (C=O) groups excluding carboxylic acids is 3. The van der Waals surface area contributed by atoms with Crippen LogP contribution in [0, 0.1) is 0 Å². The quantitative estimate of drug-likeness (QED) is 0.533. The Kier molecular flexibility index (Phi) is 6.42. The van der Waals surface area contributed by atoms with Gasteiger partial charge < -0.3 is 14.2 Å². The van der Waals surface area contributed by atoms with Crippen LogP contribution in [0.25, 0.3) is 0 Å². The predicted octanol–water partition coefficient (Wildman–Crippen LogP) is 2.53. The van der Waals surface area contributed by atoms with Crippen LogP contribution in [0.4, 0.5) is 0 Å². The summed E-state index contributed by atoms with van der Waals surface area (Å²) >= 11 is 3.25. The average molecular weight is 426 g/mol. The summed E-state index contributed by atoms with van der Waals surface area (Å²) in [7, 11) is 1.51. The zero-order valence-electron chi connectivity index (χ0n) is 14.8. The van der Waals surface area contributed by atoms with E-state index in [-0.39, 0.29) is 24.0 Å². The Morgan fingerprint density at radius 1 is 1.35 bits per heavy atom. The van der Waals surface area contributed by atoms with E-state index in [0.717, 1.165) is 0 Å². The van der Waals surface area contributed by atoms with Crippen molar-refractivity contribution >= 4 is 33.6 Å². The summed E-state index contributed by atoms with van der Waals surface area (Å²) in [5, 5.41) is 3.19. The van der Waals surface area contributed by atoms with E-state index in [4.69, 9.17) is 14.2 Å². The van der Waals surface area contributed by atoms with E-state index >= 15 is 0 Å². The summed E-state index contributed by atoms with van der Waals surface area (Å²) in [6, 6.07) is 6.80. The first kappa shape index (κ1) is 20.0. The molecule has 1 unspecified atom stereocenters. The Hall–Kier alpha value is -2.35. The third-order valence-corrected chi connectivity index (χ3v) is 4.37. The number of hydrogen-bond donors (Lipinski definition) is 1. The van der Waals surface area contributed by atoms with Gasteiger partial charge in [-0.15, -0.1) is 0 Å². The molecule has 140 valence electrons. The fraction of sp³-hybridized carbons (Fsp3) is 0.389. The lowest BCUT2D eigenvalue weighted by molar-refractivity contribution is -0.142. The SMILES string of the molecule is COc1cccc(C2(C)OC(NC(=O)CCCBr)=C(OC(C)=O)C2=O)c1. The van der Waals surface area contributed by atoms with Gasteiger partial charge >= 0.3 is 5.97 Å². The van der Waals surface area contributed by atoms with Gasteiger partial charge in [-0.2, -0.15) is 0 Å². The second kappa shape index (κ2) is 8.35. The predicted molar refractivity (Wildman–Crippen MR) is 96.4 cm³/mol. The van der Waals surface area contributed by atoms with Gasteiger partial charge in [-0.3, -0.25) is 19.7 Å².